The fourth-order valence-corrected chi connectivity index (χ4v) is 3.38. The molecule has 2 N–H and O–H groups in total. The van der Waals surface area contributed by atoms with Crippen LogP contribution in [0.1, 0.15) is 60.9 Å². The van der Waals surface area contributed by atoms with Crippen molar-refractivity contribution in [2.75, 3.05) is 12.1 Å². The number of carbonyl (C=O) groups is 3. The van der Waals surface area contributed by atoms with Gasteiger partial charge in [0.25, 0.3) is 11.8 Å². The van der Waals surface area contributed by atoms with Gasteiger partial charge in [0.05, 0.1) is 29.6 Å². The number of ether oxygens (including phenoxy) is 1. The summed E-state index contributed by atoms with van der Waals surface area (Å²) in [4.78, 5) is 37.0. The van der Waals surface area contributed by atoms with Gasteiger partial charge in [0.2, 0.25) is 0 Å². The Morgan fingerprint density at radius 3 is 2.06 bits per heavy atom. The van der Waals surface area contributed by atoms with Crippen molar-refractivity contribution in [1.29, 1.82) is 0 Å². The second-order valence-electron chi connectivity index (χ2n) is 8.75. The lowest BCUT2D eigenvalue weighted by atomic mass is 9.87. The molecular weight excluding hydrogens is 420 g/mol. The van der Waals surface area contributed by atoms with E-state index in [1.165, 1.54) is 36.4 Å². The Kier molecular flexibility index (Phi) is 6.67. The molecule has 8 heteroatoms. The summed E-state index contributed by atoms with van der Waals surface area (Å²) in [5.74, 6) is -1.17. The molecule has 3 rings (SSSR count). The van der Waals surface area contributed by atoms with Gasteiger partial charge >= 0.3 is 5.97 Å². The number of hydrogen-bond donors (Lipinski definition) is 2. The standard InChI is InChI=1S/C25H28N4O4/c1-15(26-27-22(30)17-7-9-18(10-8-17)24(32)33-6)21-16(2)28-29(23(21)31)20-13-11-19(12-14-20)25(3,4)5/h7-14,26H,1-6H3,(H,27,30). The van der Waals surface area contributed by atoms with Gasteiger partial charge in [0.15, 0.2) is 0 Å². The number of hydrazone groups is 1. The van der Waals surface area contributed by atoms with E-state index in [2.05, 4.69) is 41.5 Å². The maximum absolute atomic E-state index is 13.0. The molecule has 2 amide bonds. The first-order valence-electron chi connectivity index (χ1n) is 10.5. The molecule has 2 aromatic rings. The minimum Gasteiger partial charge on any atom is -0.465 e. The zero-order valence-corrected chi connectivity index (χ0v) is 19.6. The topological polar surface area (TPSA) is 100 Å². The lowest BCUT2D eigenvalue weighted by Gasteiger charge is -2.20. The summed E-state index contributed by atoms with van der Waals surface area (Å²) in [6.45, 7) is 9.82. The number of rotatable bonds is 5. The zero-order valence-electron chi connectivity index (χ0n) is 19.6. The molecule has 0 saturated heterocycles. The first-order valence-corrected chi connectivity index (χ1v) is 10.5. The van der Waals surface area contributed by atoms with Crippen molar-refractivity contribution in [3.8, 4) is 0 Å². The number of esters is 1. The van der Waals surface area contributed by atoms with E-state index in [9.17, 15) is 14.4 Å². The molecule has 172 valence electrons. The average Bonchev–Trinajstić information content (AvgIpc) is 3.10. The Morgan fingerprint density at radius 2 is 1.52 bits per heavy atom. The highest BCUT2D eigenvalue weighted by atomic mass is 16.5. The van der Waals surface area contributed by atoms with Crippen molar-refractivity contribution in [2.24, 2.45) is 5.10 Å². The fourth-order valence-electron chi connectivity index (χ4n) is 3.38. The molecule has 2 aromatic carbocycles. The van der Waals surface area contributed by atoms with E-state index < -0.39 is 11.9 Å². The average molecular weight is 449 g/mol. The molecule has 0 spiro atoms. The number of allylic oxidation sites excluding steroid dienone is 1. The van der Waals surface area contributed by atoms with Crippen LogP contribution < -0.4 is 15.9 Å². The van der Waals surface area contributed by atoms with Crippen LogP contribution in [0.4, 0.5) is 5.69 Å². The summed E-state index contributed by atoms with van der Waals surface area (Å²) in [6, 6.07) is 13.8. The van der Waals surface area contributed by atoms with Crippen molar-refractivity contribution in [3.63, 3.8) is 0 Å². The smallest absolute Gasteiger partial charge is 0.337 e. The van der Waals surface area contributed by atoms with Gasteiger partial charge in [-0.05, 0) is 61.2 Å². The molecule has 1 aliphatic rings. The van der Waals surface area contributed by atoms with E-state index in [0.717, 1.165) is 5.56 Å². The van der Waals surface area contributed by atoms with Gasteiger partial charge in [-0.1, -0.05) is 32.9 Å². The fraction of sp³-hybridized carbons (Fsp3) is 0.280. The molecule has 0 saturated carbocycles. The lowest BCUT2D eigenvalue weighted by molar-refractivity contribution is -0.114. The van der Waals surface area contributed by atoms with E-state index in [4.69, 9.17) is 0 Å². The number of nitrogens with one attached hydrogen (secondary N) is 2. The minimum atomic E-state index is -0.479. The number of carbonyl (C=O) groups excluding carboxylic acids is 3. The van der Waals surface area contributed by atoms with Crippen LogP contribution in [0.15, 0.2) is 64.9 Å². The van der Waals surface area contributed by atoms with Crippen molar-refractivity contribution in [1.82, 2.24) is 10.9 Å². The third-order valence-corrected chi connectivity index (χ3v) is 5.30. The Labute approximate surface area is 193 Å². The molecule has 1 aliphatic heterocycles. The maximum atomic E-state index is 13.0. The lowest BCUT2D eigenvalue weighted by Crippen LogP contribution is -2.37. The number of hydrazine groups is 1. The van der Waals surface area contributed by atoms with Gasteiger partial charge < -0.3 is 10.2 Å². The van der Waals surface area contributed by atoms with Gasteiger partial charge in [-0.15, -0.1) is 0 Å². The van der Waals surface area contributed by atoms with Crippen LogP contribution >= 0.6 is 0 Å². The highest BCUT2D eigenvalue weighted by Gasteiger charge is 2.31. The van der Waals surface area contributed by atoms with Crippen LogP contribution in [0.3, 0.4) is 0 Å². The van der Waals surface area contributed by atoms with E-state index >= 15 is 0 Å². The normalized spacial score (nSPS) is 15.2. The predicted octanol–water partition coefficient (Wildman–Crippen LogP) is 3.70. The Balaban J connectivity index is 1.70. The molecule has 0 unspecified atom stereocenters. The van der Waals surface area contributed by atoms with Crippen molar-refractivity contribution in [2.45, 2.75) is 40.0 Å². The zero-order chi connectivity index (χ0) is 24.3. The second kappa shape index (κ2) is 9.28. The largest absolute Gasteiger partial charge is 0.465 e. The SMILES string of the molecule is COC(=O)c1ccc(C(=O)NNC(C)=C2C(=O)N(c3ccc(C(C)(C)C)cc3)N=C2C)cc1. The second-order valence-corrected chi connectivity index (χ2v) is 8.75. The Hall–Kier alpha value is -3.94. The number of hydrogen-bond acceptors (Lipinski definition) is 6. The minimum absolute atomic E-state index is 0.0101. The quantitative estimate of drug-likeness (QED) is 0.413. The van der Waals surface area contributed by atoms with Crippen LogP contribution in [-0.2, 0) is 14.9 Å². The summed E-state index contributed by atoms with van der Waals surface area (Å²) in [5, 5.41) is 5.76. The highest BCUT2D eigenvalue weighted by Crippen LogP contribution is 2.28. The molecule has 0 fully saturated rings. The summed E-state index contributed by atoms with van der Waals surface area (Å²) < 4.78 is 4.65. The van der Waals surface area contributed by atoms with Gasteiger partial charge in [-0.25, -0.2) is 4.79 Å². The van der Waals surface area contributed by atoms with Crippen LogP contribution in [0.2, 0.25) is 0 Å². The van der Waals surface area contributed by atoms with Gasteiger partial charge in [0.1, 0.15) is 0 Å². The van der Waals surface area contributed by atoms with Crippen LogP contribution in [0.25, 0.3) is 0 Å². The molecule has 33 heavy (non-hydrogen) atoms. The Bertz CT molecular complexity index is 1140. The molecule has 0 atom stereocenters. The summed E-state index contributed by atoms with van der Waals surface area (Å²) in [7, 11) is 1.29. The van der Waals surface area contributed by atoms with Crippen LogP contribution in [0, 0.1) is 0 Å². The number of nitrogens with zero attached hydrogens (tertiary/aromatic N) is 2. The van der Waals surface area contributed by atoms with Gasteiger partial charge in [-0.3, -0.25) is 15.0 Å². The van der Waals surface area contributed by atoms with Crippen molar-refractivity contribution < 1.29 is 19.1 Å². The summed E-state index contributed by atoms with van der Waals surface area (Å²) in [5.41, 5.74) is 9.29. The van der Waals surface area contributed by atoms with Gasteiger partial charge in [0, 0.05) is 11.3 Å². The summed E-state index contributed by atoms with van der Waals surface area (Å²) >= 11 is 0. The first kappa shape index (κ1) is 23.7. The highest BCUT2D eigenvalue weighted by molar-refractivity contribution is 6.30. The van der Waals surface area contributed by atoms with Crippen molar-refractivity contribution >= 4 is 29.2 Å². The number of anilines is 1. The first-order chi connectivity index (χ1) is 15.5. The number of benzene rings is 2. The van der Waals surface area contributed by atoms with E-state index in [1.807, 2.05) is 24.3 Å². The number of amides is 2. The molecule has 0 aromatic heterocycles. The van der Waals surface area contributed by atoms with E-state index in [0.29, 0.717) is 33.8 Å². The maximum Gasteiger partial charge on any atom is 0.337 e. The van der Waals surface area contributed by atoms with Crippen LogP contribution in [-0.4, -0.2) is 30.6 Å². The van der Waals surface area contributed by atoms with Crippen LogP contribution in [0.5, 0.6) is 0 Å². The van der Waals surface area contributed by atoms with Crippen molar-refractivity contribution in [3.05, 3.63) is 76.5 Å². The molecule has 8 nitrogen and oxygen atoms in total. The summed E-state index contributed by atoms with van der Waals surface area (Å²) in [6.07, 6.45) is 0. The molecule has 0 aliphatic carbocycles. The van der Waals surface area contributed by atoms with E-state index in [-0.39, 0.29) is 11.3 Å². The monoisotopic (exact) mass is 448 g/mol. The molecule has 0 bridgehead atoms. The Morgan fingerprint density at radius 1 is 0.939 bits per heavy atom. The molecular formula is C25H28N4O4. The van der Waals surface area contributed by atoms with Gasteiger partial charge in [-0.2, -0.15) is 10.1 Å². The molecule has 1 heterocycles. The third-order valence-electron chi connectivity index (χ3n) is 5.30. The molecule has 0 radical (unpaired) electrons. The third kappa shape index (κ3) is 5.11. The predicted molar refractivity (Wildman–Crippen MR) is 127 cm³/mol. The number of methoxy groups -OCH3 is 1. The van der Waals surface area contributed by atoms with E-state index in [1.54, 1.807) is 13.8 Å².